The molecule has 1 aromatic rings. The lowest BCUT2D eigenvalue weighted by molar-refractivity contribution is -0.140. The number of alkyl halides is 2. The van der Waals surface area contributed by atoms with Crippen LogP contribution in [0.3, 0.4) is 0 Å². The highest BCUT2D eigenvalue weighted by Crippen LogP contribution is 2.60. The van der Waals surface area contributed by atoms with Crippen LogP contribution in [0.5, 0.6) is 0 Å². The number of unbranched alkanes of at least 4 members (excludes halogenated alkanes) is 2. The van der Waals surface area contributed by atoms with Gasteiger partial charge in [0.05, 0.1) is 22.5 Å². The zero-order valence-corrected chi connectivity index (χ0v) is 20.8. The smallest absolute Gasteiger partial charge is 0.233 e. The van der Waals surface area contributed by atoms with E-state index in [9.17, 15) is 14.4 Å². The first-order valence-electron chi connectivity index (χ1n) is 10.2. The molecule has 1 heterocycles. The Labute approximate surface area is 202 Å². The van der Waals surface area contributed by atoms with E-state index in [1.165, 1.54) is 4.90 Å². The highest BCUT2D eigenvalue weighted by atomic mass is 79.9. The third-order valence-corrected chi connectivity index (χ3v) is 10.3. The molecule has 3 aliphatic rings. The maximum absolute atomic E-state index is 12.9. The van der Waals surface area contributed by atoms with Gasteiger partial charge in [-0.05, 0) is 49.3 Å². The number of fused-ring (bicyclic) bond motifs is 5. The number of nitrogens with one attached hydrogen (secondary N) is 1. The zero-order valence-electron chi connectivity index (χ0n) is 16.1. The van der Waals surface area contributed by atoms with Crippen molar-refractivity contribution in [3.8, 4) is 0 Å². The van der Waals surface area contributed by atoms with Crippen molar-refractivity contribution in [2.24, 2.45) is 23.7 Å². The van der Waals surface area contributed by atoms with Crippen LogP contribution in [0.1, 0.15) is 32.1 Å². The minimum absolute atomic E-state index is 0.00492. The van der Waals surface area contributed by atoms with Crippen molar-refractivity contribution in [2.45, 2.75) is 41.8 Å². The molecule has 0 spiro atoms. The number of amides is 3. The lowest BCUT2D eigenvalue weighted by atomic mass is 9.81. The second-order valence-electron chi connectivity index (χ2n) is 8.31. The van der Waals surface area contributed by atoms with Gasteiger partial charge in [0.15, 0.2) is 0 Å². The summed E-state index contributed by atoms with van der Waals surface area (Å²) in [5.74, 6) is 0.0261. The van der Waals surface area contributed by atoms with Crippen LogP contribution < -0.4 is 5.32 Å². The van der Waals surface area contributed by atoms with E-state index in [-0.39, 0.29) is 51.0 Å². The van der Waals surface area contributed by atoms with Crippen LogP contribution in [-0.2, 0) is 14.4 Å². The number of rotatable bonds is 7. The molecule has 1 aromatic carbocycles. The van der Waals surface area contributed by atoms with Crippen molar-refractivity contribution < 1.29 is 14.4 Å². The molecule has 4 rings (SSSR count). The summed E-state index contributed by atoms with van der Waals surface area (Å²) in [4.78, 5) is 39.8. The van der Waals surface area contributed by atoms with Crippen molar-refractivity contribution in [2.75, 3.05) is 11.9 Å². The molecular formula is C21H22Br2Cl2N2O3. The van der Waals surface area contributed by atoms with E-state index in [4.69, 9.17) is 23.2 Å². The summed E-state index contributed by atoms with van der Waals surface area (Å²) in [7, 11) is 0. The van der Waals surface area contributed by atoms with Gasteiger partial charge in [0.2, 0.25) is 17.7 Å². The summed E-state index contributed by atoms with van der Waals surface area (Å²) < 4.78 is 0. The summed E-state index contributed by atoms with van der Waals surface area (Å²) in [6, 6.07) is 4.92. The van der Waals surface area contributed by atoms with E-state index in [0.29, 0.717) is 41.5 Å². The molecule has 0 radical (unpaired) electrons. The Hall–Kier alpha value is -0.630. The second-order valence-corrected chi connectivity index (χ2v) is 11.3. The number of nitrogens with zero attached hydrogens (tertiary/aromatic N) is 1. The molecule has 9 heteroatoms. The highest BCUT2D eigenvalue weighted by molar-refractivity contribution is 9.12. The van der Waals surface area contributed by atoms with Crippen LogP contribution in [0, 0.1) is 23.7 Å². The summed E-state index contributed by atoms with van der Waals surface area (Å²) >= 11 is 19.4. The van der Waals surface area contributed by atoms with Gasteiger partial charge in [-0.3, -0.25) is 19.3 Å². The third-order valence-electron chi connectivity index (χ3n) is 6.57. The monoisotopic (exact) mass is 578 g/mol. The van der Waals surface area contributed by atoms with Gasteiger partial charge < -0.3 is 5.32 Å². The topological polar surface area (TPSA) is 66.5 Å². The molecule has 6 atom stereocenters. The molecule has 1 saturated heterocycles. The molecule has 30 heavy (non-hydrogen) atoms. The average Bonchev–Trinajstić information content (AvgIpc) is 3.30. The van der Waals surface area contributed by atoms with Crippen LogP contribution in [0.4, 0.5) is 5.69 Å². The number of hydrogen-bond donors (Lipinski definition) is 1. The first-order valence-corrected chi connectivity index (χ1v) is 12.8. The first kappa shape index (κ1) is 22.6. The van der Waals surface area contributed by atoms with Gasteiger partial charge in [-0.1, -0.05) is 61.5 Å². The van der Waals surface area contributed by atoms with E-state index in [0.717, 1.165) is 12.8 Å². The Morgan fingerprint density at radius 1 is 1.03 bits per heavy atom. The standard InChI is InChI=1S/C21H22Br2Cl2N2O3/c22-18-11-9-12(19(18)23)17-16(11)20(29)27(21(17)30)7-3-1-2-4-15(28)26-14-8-10(24)5-6-13(14)25/h5-6,8,11-12,16-19H,1-4,7,9H2,(H,26,28)/t11-,12-,16-,17+,18+,19+/m1/s1. The predicted octanol–water partition coefficient (Wildman–Crippen LogP) is 5.27. The number of carbonyl (C=O) groups is 3. The number of carbonyl (C=O) groups excluding carboxylic acids is 3. The normalized spacial score (nSPS) is 32.1. The molecule has 2 bridgehead atoms. The van der Waals surface area contributed by atoms with Crippen molar-refractivity contribution in [3.63, 3.8) is 0 Å². The number of halogens is 4. The zero-order chi connectivity index (χ0) is 21.6. The van der Waals surface area contributed by atoms with Gasteiger partial charge in [0.25, 0.3) is 0 Å². The maximum atomic E-state index is 12.9. The molecule has 0 unspecified atom stereocenters. The maximum Gasteiger partial charge on any atom is 0.233 e. The van der Waals surface area contributed by atoms with Gasteiger partial charge in [-0.25, -0.2) is 0 Å². The van der Waals surface area contributed by atoms with Crippen molar-refractivity contribution in [1.29, 1.82) is 0 Å². The number of hydrogen-bond acceptors (Lipinski definition) is 3. The van der Waals surface area contributed by atoms with E-state index < -0.39 is 0 Å². The third kappa shape index (κ3) is 4.07. The largest absolute Gasteiger partial charge is 0.325 e. The van der Waals surface area contributed by atoms with E-state index >= 15 is 0 Å². The second kappa shape index (κ2) is 9.08. The fraction of sp³-hybridized carbons (Fsp3) is 0.571. The summed E-state index contributed by atoms with van der Waals surface area (Å²) in [5, 5.41) is 3.71. The molecule has 3 fully saturated rings. The van der Waals surface area contributed by atoms with Crippen LogP contribution in [0.2, 0.25) is 10.0 Å². The summed E-state index contributed by atoms with van der Waals surface area (Å²) in [6.45, 7) is 0.436. The molecule has 3 amide bonds. The predicted molar refractivity (Wildman–Crippen MR) is 124 cm³/mol. The van der Waals surface area contributed by atoms with E-state index in [1.807, 2.05) is 0 Å². The lowest BCUT2D eigenvalue weighted by Crippen LogP contribution is -2.37. The Morgan fingerprint density at radius 2 is 1.67 bits per heavy atom. The lowest BCUT2D eigenvalue weighted by Gasteiger charge is -2.28. The number of likely N-dealkylation sites (tertiary alicyclic amines) is 1. The van der Waals surface area contributed by atoms with Crippen LogP contribution in [-0.4, -0.2) is 38.8 Å². The Morgan fingerprint density at radius 3 is 2.30 bits per heavy atom. The SMILES string of the molecule is O=C(CCCCCN1C(=O)[C@@H]2[C@H]3C[C@@H]([C@H](Br)[C@H]3Br)[C@@H]2C1=O)Nc1cc(Cl)ccc1Cl. The molecule has 1 aliphatic heterocycles. The van der Waals surface area contributed by atoms with Crippen LogP contribution >= 0.6 is 55.1 Å². The minimum atomic E-state index is -0.158. The number of anilines is 1. The van der Waals surface area contributed by atoms with E-state index in [1.54, 1.807) is 18.2 Å². The van der Waals surface area contributed by atoms with Crippen molar-refractivity contribution >= 4 is 78.5 Å². The molecule has 5 nitrogen and oxygen atoms in total. The van der Waals surface area contributed by atoms with Gasteiger partial charge >= 0.3 is 0 Å². The molecular weight excluding hydrogens is 559 g/mol. The van der Waals surface area contributed by atoms with Gasteiger partial charge in [-0.2, -0.15) is 0 Å². The fourth-order valence-corrected chi connectivity index (χ4v) is 7.38. The van der Waals surface area contributed by atoms with Crippen molar-refractivity contribution in [1.82, 2.24) is 4.90 Å². The van der Waals surface area contributed by atoms with Crippen LogP contribution in [0.25, 0.3) is 0 Å². The van der Waals surface area contributed by atoms with Gasteiger partial charge in [0.1, 0.15) is 0 Å². The summed E-state index contributed by atoms with van der Waals surface area (Å²) in [6.07, 6.45) is 3.42. The molecule has 2 saturated carbocycles. The fourth-order valence-electron chi connectivity index (χ4n) is 5.17. The first-order chi connectivity index (χ1) is 14.3. The number of benzene rings is 1. The highest BCUT2D eigenvalue weighted by Gasteiger charge is 2.66. The Bertz CT molecular complexity index is 852. The average molecular weight is 581 g/mol. The van der Waals surface area contributed by atoms with Crippen molar-refractivity contribution in [3.05, 3.63) is 28.2 Å². The molecule has 2 aliphatic carbocycles. The summed E-state index contributed by atoms with van der Waals surface area (Å²) in [5.41, 5.74) is 0.499. The molecule has 1 N–H and O–H groups in total. The number of imide groups is 1. The molecule has 162 valence electrons. The molecule has 0 aromatic heterocycles. The van der Waals surface area contributed by atoms with Crippen LogP contribution in [0.15, 0.2) is 18.2 Å². The quantitative estimate of drug-likeness (QED) is 0.271. The Balaban J connectivity index is 1.22. The minimum Gasteiger partial charge on any atom is -0.325 e. The van der Waals surface area contributed by atoms with E-state index in [2.05, 4.69) is 37.2 Å². The van der Waals surface area contributed by atoms with Gasteiger partial charge in [0, 0.05) is 27.6 Å². The van der Waals surface area contributed by atoms with Gasteiger partial charge in [-0.15, -0.1) is 0 Å². The Kier molecular flexibility index (Phi) is 6.83.